The first kappa shape index (κ1) is 13.7. The highest BCUT2D eigenvalue weighted by molar-refractivity contribution is 5.85. The third-order valence-electron chi connectivity index (χ3n) is 3.06. The summed E-state index contributed by atoms with van der Waals surface area (Å²) in [4.78, 5) is 14.0. The normalized spacial score (nSPS) is 19.3. The van der Waals surface area contributed by atoms with Crippen LogP contribution in [0.2, 0.25) is 0 Å². The summed E-state index contributed by atoms with van der Waals surface area (Å²) in [6, 6.07) is 1.45. The number of ether oxygens (including phenoxy) is 1. The Morgan fingerprint density at radius 1 is 1.68 bits per heavy atom. The van der Waals surface area contributed by atoms with Crippen LogP contribution in [0.5, 0.6) is 0 Å². The van der Waals surface area contributed by atoms with Crippen LogP contribution in [0.3, 0.4) is 0 Å². The number of hydrogen-bond acceptors (Lipinski definition) is 6. The second kappa shape index (κ2) is 6.44. The van der Waals surface area contributed by atoms with Gasteiger partial charge in [-0.05, 0) is 13.0 Å². The summed E-state index contributed by atoms with van der Waals surface area (Å²) < 4.78 is 5.39. The van der Waals surface area contributed by atoms with Gasteiger partial charge >= 0.3 is 0 Å². The number of carbonyl (C=O) groups excluding carboxylic acids is 1. The van der Waals surface area contributed by atoms with E-state index in [0.29, 0.717) is 38.7 Å². The summed E-state index contributed by atoms with van der Waals surface area (Å²) in [5.74, 6) is 0.611. The fourth-order valence-corrected chi connectivity index (χ4v) is 2.12. The van der Waals surface area contributed by atoms with Gasteiger partial charge in [0.25, 0.3) is 0 Å². The number of carbonyl (C=O) groups is 1. The van der Waals surface area contributed by atoms with Crippen LogP contribution in [0.25, 0.3) is 0 Å². The molecule has 1 fully saturated rings. The Labute approximate surface area is 112 Å². The Kier molecular flexibility index (Phi) is 4.64. The lowest BCUT2D eigenvalue weighted by Crippen LogP contribution is -2.54. The summed E-state index contributed by atoms with van der Waals surface area (Å²) in [5, 5.41) is 10.8. The quantitative estimate of drug-likeness (QED) is 0.746. The predicted molar refractivity (Wildman–Crippen MR) is 70.6 cm³/mol. The lowest BCUT2D eigenvalue weighted by molar-refractivity contribution is -0.124. The molecule has 1 unspecified atom stereocenters. The lowest BCUT2D eigenvalue weighted by Gasteiger charge is -2.35. The van der Waals surface area contributed by atoms with E-state index in [0.717, 1.165) is 5.56 Å². The van der Waals surface area contributed by atoms with Crippen LogP contribution in [-0.4, -0.2) is 48.4 Å². The van der Waals surface area contributed by atoms with E-state index in [1.54, 1.807) is 6.20 Å². The summed E-state index contributed by atoms with van der Waals surface area (Å²) in [6.07, 6.45) is 1.60. The van der Waals surface area contributed by atoms with Gasteiger partial charge in [0.2, 0.25) is 5.91 Å². The van der Waals surface area contributed by atoms with E-state index in [1.807, 2.05) is 17.9 Å². The molecule has 7 heteroatoms. The molecule has 0 aromatic carbocycles. The van der Waals surface area contributed by atoms with Gasteiger partial charge in [-0.1, -0.05) is 0 Å². The monoisotopic (exact) mass is 265 g/mol. The summed E-state index contributed by atoms with van der Waals surface area (Å²) in [5.41, 5.74) is 6.59. The van der Waals surface area contributed by atoms with Crippen LogP contribution in [0.4, 0.5) is 5.82 Å². The molecule has 1 atom stereocenters. The molecule has 1 saturated heterocycles. The van der Waals surface area contributed by atoms with E-state index in [2.05, 4.69) is 15.5 Å². The first-order chi connectivity index (χ1) is 9.27. The van der Waals surface area contributed by atoms with E-state index in [9.17, 15) is 4.79 Å². The van der Waals surface area contributed by atoms with E-state index in [4.69, 9.17) is 10.5 Å². The average molecular weight is 265 g/mol. The number of hydrogen-bond donors (Lipinski definition) is 2. The summed E-state index contributed by atoms with van der Waals surface area (Å²) in [6.45, 7) is 4.37. The van der Waals surface area contributed by atoms with Crippen molar-refractivity contribution in [3.05, 3.63) is 17.8 Å². The van der Waals surface area contributed by atoms with Crippen molar-refractivity contribution in [2.24, 2.45) is 5.73 Å². The number of aromatic nitrogens is 2. The van der Waals surface area contributed by atoms with Crippen molar-refractivity contribution in [2.75, 3.05) is 31.2 Å². The van der Waals surface area contributed by atoms with Crippen molar-refractivity contribution in [3.63, 3.8) is 0 Å². The highest BCUT2D eigenvalue weighted by atomic mass is 16.5. The van der Waals surface area contributed by atoms with Gasteiger partial charge < -0.3 is 20.7 Å². The molecule has 2 heterocycles. The average Bonchev–Trinajstić information content (AvgIpc) is 2.47. The molecule has 0 saturated carbocycles. The van der Waals surface area contributed by atoms with Crippen LogP contribution in [0.15, 0.2) is 12.3 Å². The number of anilines is 1. The molecule has 1 aromatic heterocycles. The molecular formula is C12H19N5O2. The van der Waals surface area contributed by atoms with Gasteiger partial charge in [0.1, 0.15) is 6.04 Å². The Morgan fingerprint density at radius 2 is 2.53 bits per heavy atom. The molecule has 7 nitrogen and oxygen atoms in total. The van der Waals surface area contributed by atoms with Crippen molar-refractivity contribution in [1.82, 2.24) is 15.5 Å². The standard InChI is InChI=1S/C12H19N5O2/c1-2-14-12(18)10-8-19-6-5-17(10)11-9(7-13)3-4-15-16-11/h3-4,10H,2,5-8,13H2,1H3,(H,14,18). The number of nitrogens with one attached hydrogen (secondary N) is 1. The Morgan fingerprint density at radius 3 is 3.26 bits per heavy atom. The van der Waals surface area contributed by atoms with Crippen molar-refractivity contribution in [1.29, 1.82) is 0 Å². The second-order valence-electron chi connectivity index (χ2n) is 4.26. The van der Waals surface area contributed by atoms with Crippen LogP contribution < -0.4 is 16.0 Å². The maximum atomic E-state index is 12.1. The van der Waals surface area contributed by atoms with E-state index in [-0.39, 0.29) is 11.9 Å². The van der Waals surface area contributed by atoms with Crippen molar-refractivity contribution in [3.8, 4) is 0 Å². The largest absolute Gasteiger partial charge is 0.377 e. The molecule has 0 spiro atoms. The Balaban J connectivity index is 2.26. The first-order valence-corrected chi connectivity index (χ1v) is 6.40. The highest BCUT2D eigenvalue weighted by Crippen LogP contribution is 2.20. The van der Waals surface area contributed by atoms with Gasteiger partial charge in [0.15, 0.2) is 5.82 Å². The maximum Gasteiger partial charge on any atom is 0.245 e. The fourth-order valence-electron chi connectivity index (χ4n) is 2.12. The molecule has 1 amide bonds. The smallest absolute Gasteiger partial charge is 0.245 e. The number of nitrogens with zero attached hydrogens (tertiary/aromatic N) is 3. The minimum atomic E-state index is -0.379. The predicted octanol–water partition coefficient (Wildman–Crippen LogP) is -0.723. The third-order valence-corrected chi connectivity index (χ3v) is 3.06. The zero-order valence-corrected chi connectivity index (χ0v) is 11.0. The molecule has 0 aliphatic carbocycles. The minimum absolute atomic E-state index is 0.0594. The van der Waals surface area contributed by atoms with Gasteiger partial charge in [-0.15, -0.1) is 5.10 Å². The number of morpholine rings is 1. The summed E-state index contributed by atoms with van der Waals surface area (Å²) in [7, 11) is 0. The SMILES string of the molecule is CCNC(=O)C1COCCN1c1nnccc1CN. The first-order valence-electron chi connectivity index (χ1n) is 6.40. The zero-order chi connectivity index (χ0) is 13.7. The van der Waals surface area contributed by atoms with E-state index >= 15 is 0 Å². The molecule has 19 heavy (non-hydrogen) atoms. The van der Waals surface area contributed by atoms with Crippen LogP contribution in [0, 0.1) is 0 Å². The van der Waals surface area contributed by atoms with Crippen LogP contribution in [0.1, 0.15) is 12.5 Å². The molecule has 1 aliphatic rings. The molecular weight excluding hydrogens is 246 g/mol. The molecule has 1 aliphatic heterocycles. The summed E-state index contributed by atoms with van der Waals surface area (Å²) >= 11 is 0. The van der Waals surface area contributed by atoms with Gasteiger partial charge in [-0.3, -0.25) is 4.79 Å². The minimum Gasteiger partial charge on any atom is -0.377 e. The van der Waals surface area contributed by atoms with Gasteiger partial charge in [-0.25, -0.2) is 0 Å². The number of amides is 1. The van der Waals surface area contributed by atoms with Crippen molar-refractivity contribution in [2.45, 2.75) is 19.5 Å². The van der Waals surface area contributed by atoms with E-state index in [1.165, 1.54) is 0 Å². The highest BCUT2D eigenvalue weighted by Gasteiger charge is 2.31. The van der Waals surface area contributed by atoms with Crippen molar-refractivity contribution < 1.29 is 9.53 Å². The van der Waals surface area contributed by atoms with Gasteiger partial charge in [0, 0.05) is 25.2 Å². The number of nitrogens with two attached hydrogens (primary N) is 1. The Bertz CT molecular complexity index is 440. The topological polar surface area (TPSA) is 93.4 Å². The van der Waals surface area contributed by atoms with Gasteiger partial charge in [0.05, 0.1) is 19.4 Å². The van der Waals surface area contributed by atoms with E-state index < -0.39 is 0 Å². The second-order valence-corrected chi connectivity index (χ2v) is 4.26. The van der Waals surface area contributed by atoms with Gasteiger partial charge in [-0.2, -0.15) is 5.10 Å². The zero-order valence-electron chi connectivity index (χ0n) is 11.0. The molecule has 1 aromatic rings. The molecule has 0 bridgehead atoms. The molecule has 104 valence electrons. The number of likely N-dealkylation sites (N-methyl/N-ethyl adjacent to an activating group) is 1. The molecule has 0 radical (unpaired) electrons. The molecule has 3 N–H and O–H groups in total. The maximum absolute atomic E-state index is 12.1. The van der Waals surface area contributed by atoms with Crippen LogP contribution >= 0.6 is 0 Å². The third kappa shape index (κ3) is 2.99. The van der Waals surface area contributed by atoms with Crippen molar-refractivity contribution >= 4 is 11.7 Å². The Hall–Kier alpha value is -1.73. The fraction of sp³-hybridized carbons (Fsp3) is 0.583. The van der Waals surface area contributed by atoms with Crippen LogP contribution in [-0.2, 0) is 16.1 Å². The lowest BCUT2D eigenvalue weighted by atomic mass is 10.1. The number of rotatable bonds is 4. The molecule has 2 rings (SSSR count).